The number of thiol groups is 2. The molecule has 0 saturated heterocycles. The summed E-state index contributed by atoms with van der Waals surface area (Å²) in [5, 5.41) is 13.0. The average molecular weight is 254 g/mol. The fourth-order valence-electron chi connectivity index (χ4n) is 1.49. The van der Waals surface area contributed by atoms with E-state index in [0.717, 1.165) is 16.5 Å². The van der Waals surface area contributed by atoms with Crippen molar-refractivity contribution in [2.24, 2.45) is 0 Å². The molecule has 2 aromatic rings. The van der Waals surface area contributed by atoms with Crippen LogP contribution in [-0.4, -0.2) is 0 Å². The molecular formula is C10H11N2PS2. The summed E-state index contributed by atoms with van der Waals surface area (Å²) in [6.45, 7) is 0. The number of rotatable bonds is 2. The van der Waals surface area contributed by atoms with E-state index in [0.29, 0.717) is 0 Å². The van der Waals surface area contributed by atoms with E-state index < -0.39 is 5.61 Å². The zero-order chi connectivity index (χ0) is 10.9. The Balaban J connectivity index is 2.56. The average Bonchev–Trinajstić information content (AvgIpc) is 2.16. The second-order valence-electron chi connectivity index (χ2n) is 3.24. The van der Waals surface area contributed by atoms with E-state index in [9.17, 15) is 0 Å². The fraction of sp³-hybridized carbons (Fsp3) is 0. The van der Waals surface area contributed by atoms with Crippen LogP contribution in [0.25, 0.3) is 10.8 Å². The van der Waals surface area contributed by atoms with Crippen LogP contribution in [0.2, 0.25) is 0 Å². The van der Waals surface area contributed by atoms with Crippen molar-refractivity contribution in [2.45, 2.75) is 0 Å². The molecule has 0 spiro atoms. The lowest BCUT2D eigenvalue weighted by atomic mass is 10.1. The summed E-state index contributed by atoms with van der Waals surface area (Å²) in [5.41, 5.74) is -1.44. The van der Waals surface area contributed by atoms with Crippen LogP contribution >= 0.6 is 30.1 Å². The van der Waals surface area contributed by atoms with E-state index in [2.05, 4.69) is 29.6 Å². The standard InChI is InChI=1S/C10H11N2PS2/c11-13(14,15)12-10-7-3-5-8-4-1-2-6-9(8)10/h1-7H,(H4,11,12,14,15). The monoisotopic (exact) mass is 254 g/mol. The number of nitrogens with one attached hydrogen (secondary N) is 2. The predicted octanol–water partition coefficient (Wildman–Crippen LogP) is 4.64. The van der Waals surface area contributed by atoms with Gasteiger partial charge in [0.05, 0.1) is 0 Å². The first-order chi connectivity index (χ1) is 7.06. The van der Waals surface area contributed by atoms with Crippen molar-refractivity contribution in [3.8, 4) is 0 Å². The van der Waals surface area contributed by atoms with Gasteiger partial charge < -0.3 is 5.09 Å². The zero-order valence-corrected chi connectivity index (χ0v) is 10.6. The number of benzene rings is 2. The third-order valence-corrected chi connectivity index (χ3v) is 3.22. The van der Waals surface area contributed by atoms with E-state index in [1.807, 2.05) is 42.5 Å². The molecule has 0 unspecified atom stereocenters. The van der Waals surface area contributed by atoms with E-state index >= 15 is 0 Å². The van der Waals surface area contributed by atoms with Gasteiger partial charge in [0.15, 0.2) is 5.61 Å². The first-order valence-electron chi connectivity index (χ1n) is 4.42. The Hall–Kier alpha value is -0.570. The Morgan fingerprint density at radius 3 is 2.40 bits per heavy atom. The molecule has 2 rings (SSSR count). The number of anilines is 1. The molecule has 0 heterocycles. The molecule has 2 aromatic carbocycles. The minimum Gasteiger partial charge on any atom is -0.336 e. The maximum atomic E-state index is 7.67. The van der Waals surface area contributed by atoms with Gasteiger partial charge in [-0.1, -0.05) is 36.4 Å². The van der Waals surface area contributed by atoms with Gasteiger partial charge in [-0.05, 0) is 11.5 Å². The molecule has 2 nitrogen and oxygen atoms in total. The Morgan fingerprint density at radius 2 is 1.67 bits per heavy atom. The molecule has 0 aromatic heterocycles. The molecular weight excluding hydrogens is 243 g/mol. The van der Waals surface area contributed by atoms with Gasteiger partial charge in [-0.25, -0.2) is 0 Å². The highest BCUT2D eigenvalue weighted by Crippen LogP contribution is 2.55. The molecule has 0 bridgehead atoms. The molecule has 2 N–H and O–H groups in total. The number of fused-ring (bicyclic) bond motifs is 1. The quantitative estimate of drug-likeness (QED) is 0.457. The second kappa shape index (κ2) is 4.12. The third-order valence-electron chi connectivity index (χ3n) is 2.07. The maximum absolute atomic E-state index is 7.67. The highest BCUT2D eigenvalue weighted by Gasteiger charge is 2.06. The van der Waals surface area contributed by atoms with Gasteiger partial charge in [-0.15, -0.1) is 24.5 Å². The van der Waals surface area contributed by atoms with Crippen LogP contribution in [-0.2, 0) is 0 Å². The van der Waals surface area contributed by atoms with Crippen LogP contribution in [0.1, 0.15) is 0 Å². The van der Waals surface area contributed by atoms with Crippen LogP contribution < -0.4 is 5.09 Å². The molecule has 0 atom stereocenters. The Morgan fingerprint density at radius 1 is 1.00 bits per heavy atom. The third kappa shape index (κ3) is 2.71. The lowest BCUT2D eigenvalue weighted by molar-refractivity contribution is 1.61. The van der Waals surface area contributed by atoms with Crippen molar-refractivity contribution in [1.29, 1.82) is 5.16 Å². The predicted molar refractivity (Wildman–Crippen MR) is 75.2 cm³/mol. The molecule has 78 valence electrons. The van der Waals surface area contributed by atoms with Gasteiger partial charge in [-0.2, -0.15) is 0 Å². The van der Waals surface area contributed by atoms with Gasteiger partial charge in [0.2, 0.25) is 0 Å². The Bertz CT molecular complexity index is 530. The molecule has 0 aliphatic heterocycles. The van der Waals surface area contributed by atoms with E-state index in [1.54, 1.807) is 0 Å². The Kier molecular flexibility index (Phi) is 3.01. The zero-order valence-electron chi connectivity index (χ0n) is 7.88. The second-order valence-corrected chi connectivity index (χ2v) is 9.21. The topological polar surface area (TPSA) is 35.9 Å². The minimum absolute atomic E-state index is 0.918. The van der Waals surface area contributed by atoms with Crippen LogP contribution in [0.5, 0.6) is 0 Å². The molecule has 0 saturated carbocycles. The summed E-state index contributed by atoms with van der Waals surface area (Å²) in [6.07, 6.45) is 0. The Labute approximate surface area is 99.3 Å². The molecule has 0 amide bonds. The van der Waals surface area contributed by atoms with Gasteiger partial charge >= 0.3 is 0 Å². The molecule has 0 fully saturated rings. The van der Waals surface area contributed by atoms with Gasteiger partial charge in [0.1, 0.15) is 0 Å². The fourth-order valence-corrected chi connectivity index (χ4v) is 2.67. The molecule has 0 aliphatic carbocycles. The normalized spacial score (nSPS) is 11.6. The molecule has 0 aliphatic rings. The summed E-state index contributed by atoms with van der Waals surface area (Å²) < 4.78 is 0. The van der Waals surface area contributed by atoms with Crippen LogP contribution in [0, 0.1) is 5.16 Å². The van der Waals surface area contributed by atoms with Crippen molar-refractivity contribution in [2.75, 3.05) is 5.09 Å². The highest BCUT2D eigenvalue weighted by atomic mass is 33.1. The van der Waals surface area contributed by atoms with Crippen LogP contribution in [0.15, 0.2) is 42.5 Å². The lowest BCUT2D eigenvalue weighted by Crippen LogP contribution is -1.87. The summed E-state index contributed by atoms with van der Waals surface area (Å²) in [6, 6.07) is 14.0. The molecule has 5 heteroatoms. The SMILES string of the molecule is N=P(S)(S)Nc1cccc2ccccc12. The largest absolute Gasteiger partial charge is 0.336 e. The molecule has 0 radical (unpaired) electrons. The van der Waals surface area contributed by atoms with E-state index in [-0.39, 0.29) is 0 Å². The van der Waals surface area contributed by atoms with Crippen LogP contribution in [0.4, 0.5) is 5.69 Å². The highest BCUT2D eigenvalue weighted by molar-refractivity contribution is 8.81. The number of hydrogen-bond donors (Lipinski definition) is 4. The van der Waals surface area contributed by atoms with Crippen molar-refractivity contribution in [3.05, 3.63) is 42.5 Å². The van der Waals surface area contributed by atoms with E-state index in [1.165, 1.54) is 0 Å². The lowest BCUT2D eigenvalue weighted by Gasteiger charge is -2.14. The number of hydrogen-bond acceptors (Lipinski definition) is 1. The van der Waals surface area contributed by atoms with Crippen molar-refractivity contribution in [1.82, 2.24) is 0 Å². The summed E-state index contributed by atoms with van der Waals surface area (Å²) >= 11 is 8.24. The smallest absolute Gasteiger partial charge is 0.152 e. The van der Waals surface area contributed by atoms with Crippen molar-refractivity contribution >= 4 is 46.6 Å². The van der Waals surface area contributed by atoms with Gasteiger partial charge in [-0.3, -0.25) is 5.16 Å². The van der Waals surface area contributed by atoms with Gasteiger partial charge in [0, 0.05) is 11.1 Å². The van der Waals surface area contributed by atoms with E-state index in [4.69, 9.17) is 5.16 Å². The maximum Gasteiger partial charge on any atom is 0.152 e. The summed E-state index contributed by atoms with van der Waals surface area (Å²) in [4.78, 5) is 0. The van der Waals surface area contributed by atoms with Gasteiger partial charge in [0.25, 0.3) is 0 Å². The van der Waals surface area contributed by atoms with Crippen molar-refractivity contribution in [3.63, 3.8) is 0 Å². The van der Waals surface area contributed by atoms with Crippen molar-refractivity contribution < 1.29 is 0 Å². The first-order valence-corrected chi connectivity index (χ1v) is 8.51. The summed E-state index contributed by atoms with van der Waals surface area (Å²) in [7, 11) is 0. The van der Waals surface area contributed by atoms with Crippen LogP contribution in [0.3, 0.4) is 0 Å². The first kappa shape index (κ1) is 10.9. The molecule has 15 heavy (non-hydrogen) atoms. The minimum atomic E-state index is -2.35. The summed E-state index contributed by atoms with van der Waals surface area (Å²) in [5.74, 6) is 0.